The van der Waals surface area contributed by atoms with Crippen molar-refractivity contribution >= 4 is 11.7 Å². The van der Waals surface area contributed by atoms with Crippen LogP contribution in [0.25, 0.3) is 0 Å². The van der Waals surface area contributed by atoms with Gasteiger partial charge in [-0.05, 0) is 43.5 Å². The van der Waals surface area contributed by atoms with Gasteiger partial charge < -0.3 is 20.1 Å². The van der Waals surface area contributed by atoms with Crippen LogP contribution in [0.5, 0.6) is 0 Å². The Morgan fingerprint density at radius 3 is 2.38 bits per heavy atom. The van der Waals surface area contributed by atoms with Crippen LogP contribution in [0.4, 0.5) is 23.7 Å². The van der Waals surface area contributed by atoms with Gasteiger partial charge in [0, 0.05) is 11.7 Å². The van der Waals surface area contributed by atoms with Gasteiger partial charge in [0.05, 0.1) is 31.0 Å². The highest BCUT2D eigenvalue weighted by Crippen LogP contribution is 2.30. The number of halogens is 3. The molecule has 0 bridgehead atoms. The molecule has 0 aromatic heterocycles. The number of rotatable bonds is 2. The SMILES string of the molecule is O=C(Nc1ccc(C(F)(F)F)cc1)NC1CCC2OCCOC2C1. The van der Waals surface area contributed by atoms with Crippen LogP contribution < -0.4 is 10.6 Å². The summed E-state index contributed by atoms with van der Waals surface area (Å²) in [5.74, 6) is 0. The molecule has 2 fully saturated rings. The number of fused-ring (bicyclic) bond motifs is 1. The molecule has 8 heteroatoms. The lowest BCUT2D eigenvalue weighted by Gasteiger charge is -2.39. The molecule has 132 valence electrons. The Labute approximate surface area is 137 Å². The van der Waals surface area contributed by atoms with E-state index in [4.69, 9.17) is 9.47 Å². The fourth-order valence-corrected chi connectivity index (χ4v) is 3.09. The average molecular weight is 344 g/mol. The van der Waals surface area contributed by atoms with E-state index in [0.717, 1.165) is 25.0 Å². The number of ether oxygens (including phenoxy) is 2. The Hall–Kier alpha value is -1.80. The lowest BCUT2D eigenvalue weighted by atomic mass is 9.90. The van der Waals surface area contributed by atoms with Crippen molar-refractivity contribution in [3.8, 4) is 0 Å². The number of carbonyl (C=O) groups is 1. The summed E-state index contributed by atoms with van der Waals surface area (Å²) in [4.78, 5) is 12.0. The monoisotopic (exact) mass is 344 g/mol. The van der Waals surface area contributed by atoms with E-state index in [2.05, 4.69) is 10.6 Å². The number of amides is 2. The van der Waals surface area contributed by atoms with Crippen molar-refractivity contribution in [2.75, 3.05) is 18.5 Å². The summed E-state index contributed by atoms with van der Waals surface area (Å²) >= 11 is 0. The molecule has 1 aromatic carbocycles. The summed E-state index contributed by atoms with van der Waals surface area (Å²) in [7, 11) is 0. The number of hydrogen-bond donors (Lipinski definition) is 2. The topological polar surface area (TPSA) is 59.6 Å². The fourth-order valence-electron chi connectivity index (χ4n) is 3.09. The molecular formula is C16H19F3N2O3. The van der Waals surface area contributed by atoms with E-state index >= 15 is 0 Å². The summed E-state index contributed by atoms with van der Waals surface area (Å²) in [6, 6.07) is 3.87. The van der Waals surface area contributed by atoms with Gasteiger partial charge in [-0.2, -0.15) is 13.2 Å². The van der Waals surface area contributed by atoms with Gasteiger partial charge in [0.15, 0.2) is 0 Å². The number of urea groups is 1. The van der Waals surface area contributed by atoms with Crippen LogP contribution in [0.3, 0.4) is 0 Å². The van der Waals surface area contributed by atoms with Crippen LogP contribution in [0.1, 0.15) is 24.8 Å². The van der Waals surface area contributed by atoms with E-state index < -0.39 is 17.8 Å². The summed E-state index contributed by atoms with van der Waals surface area (Å²) in [6.07, 6.45) is -2.04. The van der Waals surface area contributed by atoms with E-state index in [0.29, 0.717) is 25.3 Å². The molecule has 1 aromatic rings. The molecule has 3 unspecified atom stereocenters. The Bertz CT molecular complexity index is 577. The second-order valence-electron chi connectivity index (χ2n) is 6.00. The third-order valence-electron chi connectivity index (χ3n) is 4.28. The highest BCUT2D eigenvalue weighted by molar-refractivity contribution is 5.89. The molecule has 24 heavy (non-hydrogen) atoms. The third kappa shape index (κ3) is 4.18. The molecule has 1 saturated heterocycles. The van der Waals surface area contributed by atoms with Crippen molar-refractivity contribution in [1.29, 1.82) is 0 Å². The number of anilines is 1. The molecular weight excluding hydrogens is 325 g/mol. The van der Waals surface area contributed by atoms with Crippen LogP contribution in [0, 0.1) is 0 Å². The van der Waals surface area contributed by atoms with Crippen molar-refractivity contribution in [3.05, 3.63) is 29.8 Å². The Kier molecular flexibility index (Phi) is 4.96. The molecule has 2 N–H and O–H groups in total. The molecule has 1 aliphatic carbocycles. The summed E-state index contributed by atoms with van der Waals surface area (Å²) in [5.41, 5.74) is -0.437. The van der Waals surface area contributed by atoms with Crippen LogP contribution in [-0.2, 0) is 15.7 Å². The van der Waals surface area contributed by atoms with Crippen molar-refractivity contribution in [2.24, 2.45) is 0 Å². The lowest BCUT2D eigenvalue weighted by molar-refractivity contribution is -0.157. The highest BCUT2D eigenvalue weighted by atomic mass is 19.4. The standard InChI is InChI=1S/C16H19F3N2O3/c17-16(18,19)10-1-3-11(4-2-10)20-15(22)21-12-5-6-13-14(9-12)24-8-7-23-13/h1-4,12-14H,5-9H2,(H2,20,21,22). The number of carbonyl (C=O) groups excluding carboxylic acids is 1. The maximum Gasteiger partial charge on any atom is 0.416 e. The van der Waals surface area contributed by atoms with Crippen LogP contribution in [0.15, 0.2) is 24.3 Å². The minimum atomic E-state index is -4.39. The number of hydrogen-bond acceptors (Lipinski definition) is 3. The van der Waals surface area contributed by atoms with Crippen LogP contribution in [-0.4, -0.2) is 37.5 Å². The van der Waals surface area contributed by atoms with Gasteiger partial charge in [0.2, 0.25) is 0 Å². The molecule has 1 aliphatic heterocycles. The van der Waals surface area contributed by atoms with Crippen molar-refractivity contribution in [2.45, 2.75) is 43.7 Å². The van der Waals surface area contributed by atoms with E-state index in [9.17, 15) is 18.0 Å². The zero-order chi connectivity index (χ0) is 17.2. The number of nitrogens with one attached hydrogen (secondary N) is 2. The van der Waals surface area contributed by atoms with Gasteiger partial charge >= 0.3 is 12.2 Å². The van der Waals surface area contributed by atoms with Gasteiger partial charge in [0.25, 0.3) is 0 Å². The lowest BCUT2D eigenvalue weighted by Crippen LogP contribution is -2.50. The van der Waals surface area contributed by atoms with E-state index in [-0.39, 0.29) is 18.2 Å². The summed E-state index contributed by atoms with van der Waals surface area (Å²) in [6.45, 7) is 1.17. The Balaban J connectivity index is 1.50. The van der Waals surface area contributed by atoms with Gasteiger partial charge in [-0.25, -0.2) is 4.79 Å². The van der Waals surface area contributed by atoms with Gasteiger partial charge in [0.1, 0.15) is 0 Å². The van der Waals surface area contributed by atoms with Gasteiger partial charge in [-0.1, -0.05) is 0 Å². The first kappa shape index (κ1) is 17.0. The quantitative estimate of drug-likeness (QED) is 0.866. The van der Waals surface area contributed by atoms with Crippen molar-refractivity contribution in [1.82, 2.24) is 5.32 Å². The minimum Gasteiger partial charge on any atom is -0.373 e. The number of alkyl halides is 3. The maximum absolute atomic E-state index is 12.5. The largest absolute Gasteiger partial charge is 0.416 e. The van der Waals surface area contributed by atoms with Crippen LogP contribution in [0.2, 0.25) is 0 Å². The molecule has 2 amide bonds. The maximum atomic E-state index is 12.5. The molecule has 5 nitrogen and oxygen atoms in total. The van der Waals surface area contributed by atoms with E-state index in [1.54, 1.807) is 0 Å². The summed E-state index contributed by atoms with van der Waals surface area (Å²) < 4.78 is 48.8. The molecule has 3 rings (SSSR count). The molecule has 1 saturated carbocycles. The summed E-state index contributed by atoms with van der Waals surface area (Å²) in [5, 5.41) is 5.39. The zero-order valence-electron chi connectivity index (χ0n) is 12.9. The average Bonchev–Trinajstić information content (AvgIpc) is 2.54. The van der Waals surface area contributed by atoms with Gasteiger partial charge in [-0.3, -0.25) is 0 Å². The molecule has 1 heterocycles. The van der Waals surface area contributed by atoms with Crippen molar-refractivity contribution in [3.63, 3.8) is 0 Å². The molecule has 0 spiro atoms. The minimum absolute atomic E-state index is 0.0103. The van der Waals surface area contributed by atoms with Crippen molar-refractivity contribution < 1.29 is 27.4 Å². The first-order valence-electron chi connectivity index (χ1n) is 7.90. The van der Waals surface area contributed by atoms with Gasteiger partial charge in [-0.15, -0.1) is 0 Å². The van der Waals surface area contributed by atoms with E-state index in [1.807, 2.05) is 0 Å². The smallest absolute Gasteiger partial charge is 0.373 e. The highest BCUT2D eigenvalue weighted by Gasteiger charge is 2.34. The Morgan fingerprint density at radius 2 is 1.71 bits per heavy atom. The Morgan fingerprint density at radius 1 is 1.04 bits per heavy atom. The molecule has 2 aliphatic rings. The second-order valence-corrected chi connectivity index (χ2v) is 6.00. The third-order valence-corrected chi connectivity index (χ3v) is 4.28. The molecule has 3 atom stereocenters. The van der Waals surface area contributed by atoms with E-state index in [1.165, 1.54) is 12.1 Å². The second kappa shape index (κ2) is 6.98. The fraction of sp³-hybridized carbons (Fsp3) is 0.562. The van der Waals surface area contributed by atoms with Crippen LogP contribution >= 0.6 is 0 Å². The first-order chi connectivity index (χ1) is 11.4. The normalized spacial score (nSPS) is 27.2. The predicted molar refractivity (Wildman–Crippen MR) is 80.7 cm³/mol. The zero-order valence-corrected chi connectivity index (χ0v) is 12.9. The first-order valence-corrected chi connectivity index (χ1v) is 7.90. The predicted octanol–water partition coefficient (Wildman–Crippen LogP) is 3.16. The number of benzene rings is 1. The molecule has 0 radical (unpaired) electrons.